The minimum atomic E-state index is -0.407. The van der Waals surface area contributed by atoms with Crippen LogP contribution >= 0.6 is 0 Å². The van der Waals surface area contributed by atoms with Crippen molar-refractivity contribution in [3.05, 3.63) is 65.7 Å². The molecule has 0 bridgehead atoms. The van der Waals surface area contributed by atoms with Crippen LogP contribution in [0.1, 0.15) is 36.9 Å². The first kappa shape index (κ1) is 18.6. The Hall–Kier alpha value is -3.15. The van der Waals surface area contributed by atoms with Gasteiger partial charge in [0.05, 0.1) is 18.9 Å². The third-order valence-electron chi connectivity index (χ3n) is 4.42. The van der Waals surface area contributed by atoms with Crippen molar-refractivity contribution in [2.24, 2.45) is 5.10 Å². The molecule has 1 heterocycles. The van der Waals surface area contributed by atoms with E-state index in [1.807, 2.05) is 54.6 Å². The zero-order valence-electron chi connectivity index (χ0n) is 15.4. The van der Waals surface area contributed by atoms with Crippen LogP contribution in [0.25, 0.3) is 0 Å². The number of hydrogen-bond donors (Lipinski definition) is 0. The molecular weight excluding hydrogens is 344 g/mol. The number of nitrogens with zero attached hydrogens (tertiary/aromatic N) is 2. The van der Waals surface area contributed by atoms with Gasteiger partial charge in [-0.3, -0.25) is 9.59 Å². The predicted octanol–water partition coefficient (Wildman–Crippen LogP) is 3.33. The Morgan fingerprint density at radius 3 is 2.44 bits per heavy atom. The topological polar surface area (TPSA) is 68.2 Å². The molecule has 27 heavy (non-hydrogen) atoms. The zero-order chi connectivity index (χ0) is 19.2. The van der Waals surface area contributed by atoms with Crippen LogP contribution in [-0.2, 0) is 14.3 Å². The maximum absolute atomic E-state index is 12.7. The van der Waals surface area contributed by atoms with Gasteiger partial charge in [0.1, 0.15) is 5.75 Å². The molecule has 1 amide bonds. The summed E-state index contributed by atoms with van der Waals surface area (Å²) < 4.78 is 10.2. The van der Waals surface area contributed by atoms with E-state index in [-0.39, 0.29) is 25.0 Å². The lowest BCUT2D eigenvalue weighted by Crippen LogP contribution is -2.31. The summed E-state index contributed by atoms with van der Waals surface area (Å²) in [5.41, 5.74) is 2.74. The van der Waals surface area contributed by atoms with Crippen molar-refractivity contribution in [3.63, 3.8) is 0 Å². The van der Waals surface area contributed by atoms with Crippen LogP contribution in [-0.4, -0.2) is 36.3 Å². The molecule has 6 heteroatoms. The smallest absolute Gasteiger partial charge is 0.306 e. The van der Waals surface area contributed by atoms with Gasteiger partial charge in [-0.25, -0.2) is 5.01 Å². The highest BCUT2D eigenvalue weighted by molar-refractivity contribution is 6.03. The first-order valence-electron chi connectivity index (χ1n) is 8.87. The number of hydrazone groups is 1. The Labute approximate surface area is 158 Å². The number of carbonyl (C=O) groups is 2. The van der Waals surface area contributed by atoms with Crippen LogP contribution in [0.5, 0.6) is 5.75 Å². The fourth-order valence-corrected chi connectivity index (χ4v) is 2.94. The summed E-state index contributed by atoms with van der Waals surface area (Å²) in [6.07, 6.45) is 0.817. The molecule has 140 valence electrons. The summed E-state index contributed by atoms with van der Waals surface area (Å²) in [6, 6.07) is 17.1. The second-order valence-electron chi connectivity index (χ2n) is 6.16. The SMILES string of the molecule is CCC(=O)OCC(=O)N1N=C(c2ccccc2)C[C@H]1c1ccc(OC)cc1. The van der Waals surface area contributed by atoms with Gasteiger partial charge in [-0.05, 0) is 23.3 Å². The van der Waals surface area contributed by atoms with Gasteiger partial charge in [-0.15, -0.1) is 0 Å². The molecule has 6 nitrogen and oxygen atoms in total. The molecule has 0 aromatic heterocycles. The molecule has 1 atom stereocenters. The highest BCUT2D eigenvalue weighted by Crippen LogP contribution is 2.33. The Balaban J connectivity index is 1.85. The highest BCUT2D eigenvalue weighted by Gasteiger charge is 2.33. The van der Waals surface area contributed by atoms with Crippen molar-refractivity contribution in [2.45, 2.75) is 25.8 Å². The number of esters is 1. The molecular formula is C21H22N2O4. The van der Waals surface area contributed by atoms with Gasteiger partial charge in [0.2, 0.25) is 0 Å². The number of benzene rings is 2. The summed E-state index contributed by atoms with van der Waals surface area (Å²) in [6.45, 7) is 1.37. The first-order chi connectivity index (χ1) is 13.1. The molecule has 0 N–H and O–H groups in total. The van der Waals surface area contributed by atoms with Crippen molar-refractivity contribution in [1.82, 2.24) is 5.01 Å². The van der Waals surface area contributed by atoms with E-state index >= 15 is 0 Å². The van der Waals surface area contributed by atoms with E-state index in [1.54, 1.807) is 14.0 Å². The molecule has 1 aliphatic heterocycles. The molecule has 0 fully saturated rings. The Bertz CT molecular complexity index is 831. The average Bonchev–Trinajstić information content (AvgIpc) is 3.18. The number of amides is 1. The molecule has 0 aliphatic carbocycles. The van der Waals surface area contributed by atoms with Crippen molar-refractivity contribution in [2.75, 3.05) is 13.7 Å². The number of rotatable bonds is 6. The molecule has 1 aliphatic rings. The van der Waals surface area contributed by atoms with Gasteiger partial charge in [-0.1, -0.05) is 49.4 Å². The number of ether oxygens (including phenoxy) is 2. The summed E-state index contributed by atoms with van der Waals surface area (Å²) in [5, 5.41) is 5.96. The summed E-state index contributed by atoms with van der Waals surface area (Å²) in [4.78, 5) is 24.1. The standard InChI is InChI=1S/C21H22N2O4/c1-3-21(25)27-14-20(24)23-19(16-9-11-17(26-2)12-10-16)13-18(22-23)15-7-5-4-6-8-15/h4-12,19H,3,13-14H2,1-2H3/t19-/m0/s1. The fourth-order valence-electron chi connectivity index (χ4n) is 2.94. The van der Waals surface area contributed by atoms with Gasteiger partial charge in [0.25, 0.3) is 5.91 Å². The quantitative estimate of drug-likeness (QED) is 0.736. The molecule has 0 radical (unpaired) electrons. The second-order valence-corrected chi connectivity index (χ2v) is 6.16. The van der Waals surface area contributed by atoms with Crippen LogP contribution in [0.15, 0.2) is 59.7 Å². The van der Waals surface area contributed by atoms with Gasteiger partial charge in [0.15, 0.2) is 6.61 Å². The van der Waals surface area contributed by atoms with Crippen LogP contribution < -0.4 is 4.74 Å². The summed E-state index contributed by atoms with van der Waals surface area (Å²) >= 11 is 0. The molecule has 2 aromatic carbocycles. The average molecular weight is 366 g/mol. The van der Waals surface area contributed by atoms with Crippen LogP contribution in [0.4, 0.5) is 0 Å². The van der Waals surface area contributed by atoms with E-state index in [1.165, 1.54) is 5.01 Å². The lowest BCUT2D eigenvalue weighted by Gasteiger charge is -2.22. The van der Waals surface area contributed by atoms with Crippen molar-refractivity contribution in [1.29, 1.82) is 0 Å². The fraction of sp³-hybridized carbons (Fsp3) is 0.286. The summed E-state index contributed by atoms with van der Waals surface area (Å²) in [5.74, 6) is -0.00458. The third-order valence-corrected chi connectivity index (χ3v) is 4.42. The largest absolute Gasteiger partial charge is 0.497 e. The molecule has 0 spiro atoms. The molecule has 2 aromatic rings. The van der Waals surface area contributed by atoms with Crippen LogP contribution in [0.3, 0.4) is 0 Å². The molecule has 3 rings (SSSR count). The molecule has 0 unspecified atom stereocenters. The highest BCUT2D eigenvalue weighted by atomic mass is 16.5. The minimum absolute atomic E-state index is 0.230. The van der Waals surface area contributed by atoms with Gasteiger partial charge in [-0.2, -0.15) is 5.10 Å². The van der Waals surface area contributed by atoms with E-state index in [4.69, 9.17) is 9.47 Å². The lowest BCUT2D eigenvalue weighted by atomic mass is 9.98. The minimum Gasteiger partial charge on any atom is -0.497 e. The van der Waals surface area contributed by atoms with Gasteiger partial charge < -0.3 is 9.47 Å². The molecule has 0 saturated heterocycles. The number of methoxy groups -OCH3 is 1. The van der Waals surface area contributed by atoms with Crippen molar-refractivity contribution < 1.29 is 19.1 Å². The maximum atomic E-state index is 12.7. The van der Waals surface area contributed by atoms with Crippen molar-refractivity contribution in [3.8, 4) is 5.75 Å². The zero-order valence-corrected chi connectivity index (χ0v) is 15.4. The predicted molar refractivity (Wildman–Crippen MR) is 101 cm³/mol. The van der Waals surface area contributed by atoms with Crippen LogP contribution in [0, 0.1) is 0 Å². The summed E-state index contributed by atoms with van der Waals surface area (Å²) in [7, 11) is 1.61. The second kappa shape index (κ2) is 8.49. The van der Waals surface area contributed by atoms with Gasteiger partial charge in [0, 0.05) is 12.8 Å². The lowest BCUT2D eigenvalue weighted by molar-refractivity contribution is -0.152. The van der Waals surface area contributed by atoms with E-state index in [2.05, 4.69) is 5.10 Å². The van der Waals surface area contributed by atoms with Gasteiger partial charge >= 0.3 is 5.97 Å². The Morgan fingerprint density at radius 1 is 1.11 bits per heavy atom. The third kappa shape index (κ3) is 4.34. The molecule has 0 saturated carbocycles. The number of carbonyl (C=O) groups excluding carboxylic acids is 2. The van der Waals surface area contributed by atoms with Crippen molar-refractivity contribution >= 4 is 17.6 Å². The first-order valence-corrected chi connectivity index (χ1v) is 8.87. The Kier molecular flexibility index (Phi) is 5.86. The van der Waals surface area contributed by atoms with E-state index < -0.39 is 5.97 Å². The monoisotopic (exact) mass is 366 g/mol. The van der Waals surface area contributed by atoms with E-state index in [9.17, 15) is 9.59 Å². The number of hydrogen-bond acceptors (Lipinski definition) is 5. The van der Waals surface area contributed by atoms with E-state index in [0.29, 0.717) is 6.42 Å². The van der Waals surface area contributed by atoms with Crippen LogP contribution in [0.2, 0.25) is 0 Å². The maximum Gasteiger partial charge on any atom is 0.306 e. The van der Waals surface area contributed by atoms with E-state index in [0.717, 1.165) is 22.6 Å². The Morgan fingerprint density at radius 2 is 1.81 bits per heavy atom. The normalized spacial score (nSPS) is 16.0.